The number of methoxy groups -OCH3 is 2. The highest BCUT2D eigenvalue weighted by molar-refractivity contribution is 7.67. The van der Waals surface area contributed by atoms with Crippen LogP contribution in [0.3, 0.4) is 0 Å². The second kappa shape index (κ2) is 12.0. The van der Waals surface area contributed by atoms with Crippen LogP contribution in [0.1, 0.15) is 31.1 Å². The highest BCUT2D eigenvalue weighted by Crippen LogP contribution is 2.60. The fourth-order valence-corrected chi connectivity index (χ4v) is 6.14. The summed E-state index contributed by atoms with van der Waals surface area (Å²) in [5, 5.41) is 4.14. The van der Waals surface area contributed by atoms with Crippen LogP contribution in [0, 0.1) is 0 Å². The van der Waals surface area contributed by atoms with Gasteiger partial charge in [0.2, 0.25) is 0 Å². The molecule has 3 rings (SSSR count). The van der Waals surface area contributed by atoms with E-state index in [2.05, 4.69) is 12.2 Å². The number of para-hydroxylation sites is 1. The fourth-order valence-electron chi connectivity index (χ4n) is 3.69. The van der Waals surface area contributed by atoms with Crippen molar-refractivity contribution < 1.29 is 18.6 Å². The van der Waals surface area contributed by atoms with Crippen molar-refractivity contribution in [3.05, 3.63) is 78.4 Å². The second-order valence-corrected chi connectivity index (χ2v) is 10.7. The van der Waals surface area contributed by atoms with Gasteiger partial charge in [-0.2, -0.15) is 0 Å². The van der Waals surface area contributed by atoms with Crippen molar-refractivity contribution in [3.8, 4) is 11.5 Å². The van der Waals surface area contributed by atoms with E-state index in [1.54, 1.807) is 14.2 Å². The van der Waals surface area contributed by atoms with Gasteiger partial charge >= 0.3 is 0 Å². The molecule has 34 heavy (non-hydrogen) atoms. The van der Waals surface area contributed by atoms with Crippen molar-refractivity contribution in [1.29, 1.82) is 0 Å². The summed E-state index contributed by atoms with van der Waals surface area (Å²) in [5.74, 6) is 0.569. The molecule has 0 saturated carbocycles. The smallest absolute Gasteiger partial charge is 0.258 e. The SMILES string of the molecule is CCCCO[P@](=O)(c1ccc(N(C)C)cc1)[C@@H](Nc1ccccc1)c1cc(OC)ccc1OC. The Kier molecular flexibility index (Phi) is 9.03. The number of anilines is 2. The summed E-state index contributed by atoms with van der Waals surface area (Å²) in [6, 6.07) is 23.0. The average Bonchev–Trinajstić information content (AvgIpc) is 2.87. The summed E-state index contributed by atoms with van der Waals surface area (Å²) >= 11 is 0. The van der Waals surface area contributed by atoms with E-state index in [1.165, 1.54) is 0 Å². The third-order valence-electron chi connectivity index (χ3n) is 5.66. The zero-order valence-corrected chi connectivity index (χ0v) is 21.5. The van der Waals surface area contributed by atoms with E-state index in [4.69, 9.17) is 14.0 Å². The number of benzene rings is 3. The van der Waals surface area contributed by atoms with Crippen LogP contribution >= 0.6 is 7.37 Å². The van der Waals surface area contributed by atoms with E-state index in [-0.39, 0.29) is 0 Å². The number of hydrogen-bond donors (Lipinski definition) is 1. The van der Waals surface area contributed by atoms with E-state index in [9.17, 15) is 4.57 Å². The van der Waals surface area contributed by atoms with Gasteiger partial charge in [0.05, 0.1) is 20.8 Å². The highest BCUT2D eigenvalue weighted by Gasteiger charge is 2.39. The molecule has 0 bridgehead atoms. The van der Waals surface area contributed by atoms with E-state index in [1.807, 2.05) is 91.8 Å². The van der Waals surface area contributed by atoms with Crippen LogP contribution in [0.25, 0.3) is 0 Å². The predicted octanol–water partition coefficient (Wildman–Crippen LogP) is 6.30. The Balaban J connectivity index is 2.20. The summed E-state index contributed by atoms with van der Waals surface area (Å²) in [4.78, 5) is 2.01. The number of unbranched alkanes of at least 4 members (excludes halogenated alkanes) is 1. The number of ether oxygens (including phenoxy) is 2. The van der Waals surface area contributed by atoms with Crippen LogP contribution in [0.2, 0.25) is 0 Å². The van der Waals surface area contributed by atoms with Gasteiger partial charge in [-0.25, -0.2) is 0 Å². The van der Waals surface area contributed by atoms with Crippen molar-refractivity contribution in [2.24, 2.45) is 0 Å². The third kappa shape index (κ3) is 5.94. The molecule has 0 radical (unpaired) electrons. The minimum absolute atomic E-state index is 0.391. The van der Waals surface area contributed by atoms with Crippen molar-refractivity contribution >= 4 is 24.0 Å². The van der Waals surface area contributed by atoms with Crippen LogP contribution in [0.4, 0.5) is 11.4 Å². The Bertz CT molecular complexity index is 1090. The first-order chi connectivity index (χ1) is 16.4. The molecule has 0 amide bonds. The van der Waals surface area contributed by atoms with Crippen molar-refractivity contribution in [2.45, 2.75) is 25.5 Å². The molecule has 2 atom stereocenters. The van der Waals surface area contributed by atoms with E-state index in [0.29, 0.717) is 29.0 Å². The third-order valence-corrected chi connectivity index (χ3v) is 8.33. The number of nitrogens with one attached hydrogen (secondary N) is 1. The molecule has 0 aliphatic heterocycles. The molecular formula is C27H35N2O4P. The molecule has 0 fully saturated rings. The molecule has 0 heterocycles. The zero-order valence-electron chi connectivity index (χ0n) is 20.7. The molecule has 0 aliphatic rings. The Morgan fingerprint density at radius 2 is 1.65 bits per heavy atom. The average molecular weight is 483 g/mol. The maximum absolute atomic E-state index is 14.9. The number of rotatable bonds is 12. The van der Waals surface area contributed by atoms with Gasteiger partial charge in [0.1, 0.15) is 17.3 Å². The van der Waals surface area contributed by atoms with Crippen molar-refractivity contribution in [2.75, 3.05) is 45.1 Å². The largest absolute Gasteiger partial charge is 0.497 e. The van der Waals surface area contributed by atoms with Crippen LogP contribution in [0.15, 0.2) is 72.8 Å². The molecule has 0 spiro atoms. The van der Waals surface area contributed by atoms with Crippen LogP contribution in [-0.2, 0) is 9.09 Å². The minimum atomic E-state index is -3.48. The van der Waals surface area contributed by atoms with Gasteiger partial charge in [-0.3, -0.25) is 4.57 Å². The maximum Gasteiger partial charge on any atom is 0.258 e. The van der Waals surface area contributed by atoms with E-state index >= 15 is 0 Å². The van der Waals surface area contributed by atoms with Crippen LogP contribution < -0.4 is 25.0 Å². The molecule has 0 aromatic heterocycles. The minimum Gasteiger partial charge on any atom is -0.497 e. The molecule has 3 aromatic rings. The molecule has 3 aromatic carbocycles. The molecule has 0 saturated heterocycles. The van der Waals surface area contributed by atoms with Crippen molar-refractivity contribution in [1.82, 2.24) is 0 Å². The van der Waals surface area contributed by atoms with E-state index in [0.717, 1.165) is 24.2 Å². The topological polar surface area (TPSA) is 60.0 Å². The van der Waals surface area contributed by atoms with Gasteiger partial charge in [-0.05, 0) is 61.0 Å². The molecule has 0 aliphatic carbocycles. The molecule has 182 valence electrons. The summed E-state index contributed by atoms with van der Waals surface area (Å²) in [6.45, 7) is 2.48. The van der Waals surface area contributed by atoms with Gasteiger partial charge in [0.15, 0.2) is 0 Å². The normalized spacial score (nSPS) is 13.6. The molecule has 1 N–H and O–H groups in total. The summed E-state index contributed by atoms with van der Waals surface area (Å²) in [6.07, 6.45) is 1.76. The molecule has 6 nitrogen and oxygen atoms in total. The second-order valence-electron chi connectivity index (χ2n) is 8.22. The molecule has 7 heteroatoms. The number of hydrogen-bond acceptors (Lipinski definition) is 6. The summed E-state index contributed by atoms with van der Waals surface area (Å²) in [7, 11) is 3.70. The lowest BCUT2D eigenvalue weighted by Gasteiger charge is -2.31. The van der Waals surface area contributed by atoms with Gasteiger partial charge in [-0.1, -0.05) is 31.5 Å². The maximum atomic E-state index is 14.9. The lowest BCUT2D eigenvalue weighted by molar-refractivity contribution is 0.307. The Morgan fingerprint density at radius 3 is 2.24 bits per heavy atom. The standard InChI is InChI=1S/C27H35N2O4P/c1-6-7-19-33-34(30,24-16-13-22(14-17-24)29(2)3)27(28-21-11-9-8-10-12-21)25-20-23(31-4)15-18-26(25)32-5/h8-18,20,27-28H,6-7,19H2,1-5H3/t27-,34-/m1/s1. The van der Waals surface area contributed by atoms with Crippen LogP contribution in [0.5, 0.6) is 11.5 Å². The van der Waals surface area contributed by atoms with Gasteiger partial charge in [0.25, 0.3) is 7.37 Å². The first-order valence-electron chi connectivity index (χ1n) is 11.5. The fraction of sp³-hybridized carbons (Fsp3) is 0.333. The summed E-state index contributed by atoms with van der Waals surface area (Å²) < 4.78 is 32.4. The van der Waals surface area contributed by atoms with E-state index < -0.39 is 13.2 Å². The highest BCUT2D eigenvalue weighted by atomic mass is 31.2. The molecule has 0 unspecified atom stereocenters. The van der Waals surface area contributed by atoms with Crippen molar-refractivity contribution in [3.63, 3.8) is 0 Å². The van der Waals surface area contributed by atoms with Gasteiger partial charge in [-0.15, -0.1) is 0 Å². The lowest BCUT2D eigenvalue weighted by Crippen LogP contribution is -2.22. The predicted molar refractivity (Wildman–Crippen MR) is 141 cm³/mol. The lowest BCUT2D eigenvalue weighted by atomic mass is 10.1. The molecular weight excluding hydrogens is 447 g/mol. The Labute approximate surface area is 203 Å². The zero-order chi connectivity index (χ0) is 24.6. The van der Waals surface area contributed by atoms with Gasteiger partial charge < -0.3 is 24.2 Å². The summed E-state index contributed by atoms with van der Waals surface area (Å²) in [5.41, 5.74) is 2.57. The number of nitrogens with zero attached hydrogens (tertiary/aromatic N) is 1. The first kappa shape index (κ1) is 25.7. The Hall–Kier alpha value is -2.95. The van der Waals surface area contributed by atoms with Crippen LogP contribution in [-0.4, -0.2) is 34.9 Å². The quantitative estimate of drug-likeness (QED) is 0.241. The first-order valence-corrected chi connectivity index (χ1v) is 13.2. The van der Waals surface area contributed by atoms with Gasteiger partial charge in [0, 0.05) is 36.3 Å². The Morgan fingerprint density at radius 1 is 0.941 bits per heavy atom. The monoisotopic (exact) mass is 482 g/mol.